The first-order chi connectivity index (χ1) is 8.12. The van der Waals surface area contributed by atoms with Crippen molar-refractivity contribution in [1.82, 2.24) is 0 Å². The molecule has 0 aliphatic rings. The predicted octanol–water partition coefficient (Wildman–Crippen LogP) is 3.43. The van der Waals surface area contributed by atoms with Gasteiger partial charge in [-0.25, -0.2) is 0 Å². The van der Waals surface area contributed by atoms with Crippen molar-refractivity contribution >= 4 is 35.6 Å². The van der Waals surface area contributed by atoms with Gasteiger partial charge < -0.3 is 15.9 Å². The van der Waals surface area contributed by atoms with E-state index >= 15 is 0 Å². The van der Waals surface area contributed by atoms with Crippen LogP contribution in [0.4, 0.5) is 13.2 Å². The molecule has 110 valence electrons. The van der Waals surface area contributed by atoms with Gasteiger partial charge in [0.05, 0.1) is 11.1 Å². The van der Waals surface area contributed by atoms with E-state index in [1.807, 2.05) is 0 Å². The van der Waals surface area contributed by atoms with Crippen molar-refractivity contribution in [1.29, 1.82) is 0 Å². The average molecular weight is 341 g/mol. The topological polar surface area (TPSA) is 66.5 Å². The molecule has 9 heteroatoms. The summed E-state index contributed by atoms with van der Waals surface area (Å²) in [7, 11) is 0. The molecule has 0 aliphatic carbocycles. The molecule has 0 spiro atoms. The Bertz CT molecular complexity index is 443. The Morgan fingerprint density at radius 2 is 1.79 bits per heavy atom. The van der Waals surface area contributed by atoms with Crippen molar-refractivity contribution in [3.05, 3.63) is 27.7 Å². The van der Waals surface area contributed by atoms with Crippen LogP contribution >= 0.6 is 35.6 Å². The van der Waals surface area contributed by atoms with Gasteiger partial charge in [-0.2, -0.15) is 13.2 Å². The summed E-state index contributed by atoms with van der Waals surface area (Å²) in [6.07, 6.45) is -7.04. The van der Waals surface area contributed by atoms with Crippen LogP contribution in [0.15, 0.2) is 12.1 Å². The monoisotopic (exact) mass is 339 g/mol. The number of aromatic hydroxyl groups is 1. The van der Waals surface area contributed by atoms with Crippen LogP contribution in [0.1, 0.15) is 18.1 Å². The van der Waals surface area contributed by atoms with Gasteiger partial charge in [0, 0.05) is 17.0 Å². The van der Waals surface area contributed by atoms with Crippen LogP contribution in [0, 0.1) is 0 Å². The van der Waals surface area contributed by atoms with Crippen LogP contribution in [0.5, 0.6) is 5.75 Å². The first-order valence-electron chi connectivity index (χ1n) is 4.81. The van der Waals surface area contributed by atoms with Crippen molar-refractivity contribution in [3.8, 4) is 5.75 Å². The van der Waals surface area contributed by atoms with E-state index in [-0.39, 0.29) is 28.0 Å². The number of benzene rings is 1. The van der Waals surface area contributed by atoms with Crippen LogP contribution in [0.3, 0.4) is 0 Å². The first kappa shape index (κ1) is 18.6. The molecule has 0 saturated heterocycles. The molecule has 0 amide bonds. The molecule has 4 N–H and O–H groups in total. The third-order valence-corrected chi connectivity index (χ3v) is 2.82. The van der Waals surface area contributed by atoms with Gasteiger partial charge in [-0.05, 0) is 12.1 Å². The number of alkyl halides is 3. The SMILES string of the molecule is Cl.N[C@@H](C[C@@H](O)c1cc(Cl)cc(Cl)c1O)C(F)(F)F. The van der Waals surface area contributed by atoms with Gasteiger partial charge in [-0.15, -0.1) is 12.4 Å². The molecule has 1 rings (SSSR count). The Kier molecular flexibility index (Phi) is 6.71. The molecule has 0 unspecified atom stereocenters. The van der Waals surface area contributed by atoms with Crippen molar-refractivity contribution in [2.45, 2.75) is 24.7 Å². The number of halogens is 6. The van der Waals surface area contributed by atoms with Gasteiger partial charge in [0.2, 0.25) is 0 Å². The minimum absolute atomic E-state index is 0. The van der Waals surface area contributed by atoms with Crippen LogP contribution in [0.25, 0.3) is 0 Å². The van der Waals surface area contributed by atoms with E-state index in [1.165, 1.54) is 6.07 Å². The van der Waals surface area contributed by atoms with E-state index in [0.29, 0.717) is 0 Å². The van der Waals surface area contributed by atoms with Gasteiger partial charge in [-0.3, -0.25) is 0 Å². The second kappa shape index (κ2) is 6.85. The van der Waals surface area contributed by atoms with Gasteiger partial charge in [0.15, 0.2) is 0 Å². The second-order valence-corrected chi connectivity index (χ2v) is 4.57. The van der Waals surface area contributed by atoms with Crippen LogP contribution in [0.2, 0.25) is 10.0 Å². The fraction of sp³-hybridized carbons (Fsp3) is 0.400. The van der Waals surface area contributed by atoms with E-state index in [4.69, 9.17) is 28.9 Å². The normalized spacial score (nSPS) is 14.7. The number of aliphatic hydroxyl groups excluding tert-OH is 1. The smallest absolute Gasteiger partial charge is 0.403 e. The van der Waals surface area contributed by atoms with Gasteiger partial charge in [-0.1, -0.05) is 23.2 Å². The number of hydrogen-bond acceptors (Lipinski definition) is 3. The molecule has 2 atom stereocenters. The maximum Gasteiger partial charge on any atom is 0.403 e. The second-order valence-electron chi connectivity index (χ2n) is 3.73. The summed E-state index contributed by atoms with van der Waals surface area (Å²) in [6.45, 7) is 0. The molecule has 3 nitrogen and oxygen atoms in total. The van der Waals surface area contributed by atoms with Gasteiger partial charge >= 0.3 is 6.18 Å². The summed E-state index contributed by atoms with van der Waals surface area (Å²) in [5, 5.41) is 19.1. The molecule has 1 aromatic carbocycles. The van der Waals surface area contributed by atoms with Gasteiger partial charge in [0.25, 0.3) is 0 Å². The molecule has 19 heavy (non-hydrogen) atoms. The molecule has 0 fully saturated rings. The molecule has 0 aliphatic heterocycles. The van der Waals surface area contributed by atoms with Crippen molar-refractivity contribution in [3.63, 3.8) is 0 Å². The lowest BCUT2D eigenvalue weighted by atomic mass is 10.0. The third kappa shape index (κ3) is 4.89. The molecule has 0 aromatic heterocycles. The highest BCUT2D eigenvalue weighted by Gasteiger charge is 2.38. The van der Waals surface area contributed by atoms with E-state index in [9.17, 15) is 23.4 Å². The molecule has 0 bridgehead atoms. The lowest BCUT2D eigenvalue weighted by Crippen LogP contribution is -2.38. The minimum Gasteiger partial charge on any atom is -0.506 e. The van der Waals surface area contributed by atoms with Crippen LogP contribution in [-0.2, 0) is 0 Å². The number of phenolic OH excluding ortho intramolecular Hbond substituents is 1. The lowest BCUT2D eigenvalue weighted by Gasteiger charge is -2.20. The first-order valence-corrected chi connectivity index (χ1v) is 5.56. The Balaban J connectivity index is 0.00000324. The summed E-state index contributed by atoms with van der Waals surface area (Å²) in [4.78, 5) is 0. The Morgan fingerprint density at radius 3 is 2.26 bits per heavy atom. The molecular formula is C10H11Cl3F3NO2. The summed E-state index contributed by atoms with van der Waals surface area (Å²) in [5.74, 6) is -0.511. The maximum absolute atomic E-state index is 12.2. The predicted molar refractivity (Wildman–Crippen MR) is 69.0 cm³/mol. The Morgan fingerprint density at radius 1 is 1.26 bits per heavy atom. The molecule has 0 saturated carbocycles. The van der Waals surface area contributed by atoms with E-state index in [0.717, 1.165) is 6.07 Å². The summed E-state index contributed by atoms with van der Waals surface area (Å²) >= 11 is 11.2. The summed E-state index contributed by atoms with van der Waals surface area (Å²) in [5.41, 5.74) is 4.69. The van der Waals surface area contributed by atoms with Crippen LogP contribution < -0.4 is 5.73 Å². The summed E-state index contributed by atoms with van der Waals surface area (Å²) < 4.78 is 36.7. The largest absolute Gasteiger partial charge is 0.506 e. The van der Waals surface area contributed by atoms with Gasteiger partial charge in [0.1, 0.15) is 11.8 Å². The standard InChI is InChI=1S/C10H10Cl2F3NO2.ClH/c11-4-1-5(9(18)6(12)2-4)7(17)3-8(16)10(13,14)15;/h1-2,7-8,17-18H,3,16H2;1H/t7-,8+;/m1./s1. The fourth-order valence-corrected chi connectivity index (χ4v) is 1.85. The van der Waals surface area contributed by atoms with Crippen molar-refractivity contribution in [2.75, 3.05) is 0 Å². The Hall–Kier alpha value is -0.400. The highest BCUT2D eigenvalue weighted by atomic mass is 35.5. The lowest BCUT2D eigenvalue weighted by molar-refractivity contribution is -0.153. The quantitative estimate of drug-likeness (QED) is 0.790. The van der Waals surface area contributed by atoms with Crippen molar-refractivity contribution in [2.24, 2.45) is 5.73 Å². The zero-order chi connectivity index (χ0) is 14.1. The molecular weight excluding hydrogens is 329 g/mol. The summed E-state index contributed by atoms with van der Waals surface area (Å²) in [6, 6.07) is 0.138. The number of rotatable bonds is 3. The third-order valence-electron chi connectivity index (χ3n) is 2.31. The fourth-order valence-electron chi connectivity index (χ4n) is 1.34. The van der Waals surface area contributed by atoms with Crippen LogP contribution in [-0.4, -0.2) is 22.4 Å². The van der Waals surface area contributed by atoms with E-state index in [1.54, 1.807) is 0 Å². The number of nitrogens with two attached hydrogens (primary N) is 1. The van der Waals surface area contributed by atoms with Crippen molar-refractivity contribution < 1.29 is 23.4 Å². The zero-order valence-corrected chi connectivity index (χ0v) is 11.6. The van der Waals surface area contributed by atoms with E-state index < -0.39 is 30.5 Å². The highest BCUT2D eigenvalue weighted by Crippen LogP contribution is 2.37. The Labute approximate surface area is 123 Å². The minimum atomic E-state index is -4.63. The molecule has 1 aromatic rings. The maximum atomic E-state index is 12.2. The number of aliphatic hydroxyl groups is 1. The molecule has 0 heterocycles. The molecule has 0 radical (unpaired) electrons. The average Bonchev–Trinajstić information content (AvgIpc) is 2.21. The van der Waals surface area contributed by atoms with E-state index in [2.05, 4.69) is 0 Å². The number of phenols is 1. The number of hydrogen-bond donors (Lipinski definition) is 3. The zero-order valence-electron chi connectivity index (χ0n) is 9.29. The highest BCUT2D eigenvalue weighted by molar-refractivity contribution is 6.35.